The highest BCUT2D eigenvalue weighted by atomic mass is 31.1. The third-order valence-electron chi connectivity index (χ3n) is 5.73. The number of fused-ring (bicyclic) bond motifs is 1. The van der Waals surface area contributed by atoms with Gasteiger partial charge in [0.2, 0.25) is 0 Å². The van der Waals surface area contributed by atoms with Gasteiger partial charge >= 0.3 is 0 Å². The monoisotopic (exact) mass is 313 g/mol. The fraction of sp³-hybridized carbons (Fsp3) is 0.600. The van der Waals surface area contributed by atoms with E-state index in [0.29, 0.717) is 0 Å². The number of nitrogens with one attached hydrogen (secondary N) is 1. The summed E-state index contributed by atoms with van der Waals surface area (Å²) in [6.45, 7) is 0. The van der Waals surface area contributed by atoms with E-state index in [0.717, 1.165) is 11.3 Å². The van der Waals surface area contributed by atoms with Crippen molar-refractivity contribution < 1.29 is 0 Å². The van der Waals surface area contributed by atoms with Crippen molar-refractivity contribution in [1.29, 1.82) is 0 Å². The third kappa shape index (κ3) is 2.98. The average Bonchev–Trinajstić information content (AvgIpc) is 3.00. The largest absolute Gasteiger partial charge is 0.355 e. The normalized spacial score (nSPS) is 21.7. The number of benzene rings is 1. The standard InChI is InChI=1S/C20H28NP/c1-3-10-17(11-4-1)22(18-12-5-2-6-13-18)20-15-16-9-7-8-14-19(16)21-20/h7-9,14-15,17-18,21H,1-6,10-13H2. The van der Waals surface area contributed by atoms with Crippen LogP contribution in [0.5, 0.6) is 0 Å². The summed E-state index contributed by atoms with van der Waals surface area (Å²) in [7, 11) is 0.00553. The topological polar surface area (TPSA) is 15.8 Å². The molecule has 0 unspecified atom stereocenters. The molecule has 0 spiro atoms. The zero-order valence-electron chi connectivity index (χ0n) is 13.6. The molecule has 2 heteroatoms. The van der Waals surface area contributed by atoms with Crippen LogP contribution in [0.3, 0.4) is 0 Å². The maximum absolute atomic E-state index is 3.82. The predicted octanol–water partition coefficient (Wildman–Crippen LogP) is 5.94. The minimum Gasteiger partial charge on any atom is -0.355 e. The maximum atomic E-state index is 3.82. The van der Waals surface area contributed by atoms with Crippen LogP contribution in [-0.4, -0.2) is 16.3 Å². The summed E-state index contributed by atoms with van der Waals surface area (Å²) in [5.74, 6) is 0. The first kappa shape index (κ1) is 14.8. The molecule has 22 heavy (non-hydrogen) atoms. The van der Waals surface area contributed by atoms with Crippen LogP contribution < -0.4 is 5.44 Å². The van der Waals surface area contributed by atoms with E-state index in [-0.39, 0.29) is 7.92 Å². The van der Waals surface area contributed by atoms with Crippen molar-refractivity contribution in [2.45, 2.75) is 75.5 Å². The quantitative estimate of drug-likeness (QED) is 0.675. The Hall–Kier alpha value is -0.810. The molecule has 0 amide bonds. The summed E-state index contributed by atoms with van der Waals surface area (Å²) < 4.78 is 0. The summed E-state index contributed by atoms with van der Waals surface area (Å²) in [4.78, 5) is 3.82. The lowest BCUT2D eigenvalue weighted by Gasteiger charge is -2.37. The molecule has 0 saturated heterocycles. The van der Waals surface area contributed by atoms with Gasteiger partial charge in [0.25, 0.3) is 0 Å². The van der Waals surface area contributed by atoms with Gasteiger partial charge in [0, 0.05) is 16.3 Å². The maximum Gasteiger partial charge on any atom is 0.0458 e. The molecular formula is C20H28NP. The Morgan fingerprint density at radius 3 is 1.95 bits per heavy atom. The molecule has 4 rings (SSSR count). The lowest BCUT2D eigenvalue weighted by molar-refractivity contribution is 0.487. The Morgan fingerprint density at radius 2 is 1.36 bits per heavy atom. The SMILES string of the molecule is c1ccc2[nH]c(P(C3CCCCC3)C3CCCCC3)cc2c1. The van der Waals surface area contributed by atoms with E-state index in [9.17, 15) is 0 Å². The molecule has 1 aromatic heterocycles. The van der Waals surface area contributed by atoms with Gasteiger partial charge in [-0.1, -0.05) is 64.6 Å². The zero-order chi connectivity index (χ0) is 14.8. The molecule has 0 radical (unpaired) electrons. The van der Waals surface area contributed by atoms with Gasteiger partial charge in [0.1, 0.15) is 0 Å². The average molecular weight is 313 g/mol. The van der Waals surface area contributed by atoms with Crippen LogP contribution in [0.2, 0.25) is 0 Å². The van der Waals surface area contributed by atoms with Crippen LogP contribution >= 0.6 is 7.92 Å². The highest BCUT2D eigenvalue weighted by molar-refractivity contribution is 7.66. The van der Waals surface area contributed by atoms with Crippen LogP contribution in [0.15, 0.2) is 30.3 Å². The first-order chi connectivity index (χ1) is 10.9. The molecule has 2 aliphatic carbocycles. The third-order valence-corrected chi connectivity index (χ3v) is 9.13. The molecule has 0 aliphatic heterocycles. The van der Waals surface area contributed by atoms with Gasteiger partial charge in [-0.2, -0.15) is 0 Å². The van der Waals surface area contributed by atoms with E-state index in [1.165, 1.54) is 75.1 Å². The number of aromatic nitrogens is 1. The van der Waals surface area contributed by atoms with Crippen LogP contribution in [0.1, 0.15) is 64.2 Å². The molecule has 118 valence electrons. The van der Waals surface area contributed by atoms with Crippen molar-refractivity contribution in [3.05, 3.63) is 30.3 Å². The van der Waals surface area contributed by atoms with E-state index < -0.39 is 0 Å². The first-order valence-corrected chi connectivity index (χ1v) is 10.8. The minimum atomic E-state index is 0.00553. The van der Waals surface area contributed by atoms with E-state index in [4.69, 9.17) is 0 Å². The van der Waals surface area contributed by atoms with Crippen molar-refractivity contribution in [3.63, 3.8) is 0 Å². The Kier molecular flexibility index (Phi) is 4.53. The number of rotatable bonds is 3. The van der Waals surface area contributed by atoms with Crippen LogP contribution in [0, 0.1) is 0 Å². The molecule has 0 bridgehead atoms. The first-order valence-electron chi connectivity index (χ1n) is 9.28. The van der Waals surface area contributed by atoms with Gasteiger partial charge in [0.05, 0.1) is 0 Å². The van der Waals surface area contributed by atoms with Crippen LogP contribution in [0.25, 0.3) is 10.9 Å². The summed E-state index contributed by atoms with van der Waals surface area (Å²) in [5, 5.41) is 1.41. The van der Waals surface area contributed by atoms with Crippen molar-refractivity contribution in [2.24, 2.45) is 0 Å². The summed E-state index contributed by atoms with van der Waals surface area (Å²) in [5.41, 5.74) is 4.92. The lowest BCUT2D eigenvalue weighted by Crippen LogP contribution is -2.26. The van der Waals surface area contributed by atoms with Crippen molar-refractivity contribution in [1.82, 2.24) is 4.98 Å². The van der Waals surface area contributed by atoms with Crippen LogP contribution in [-0.2, 0) is 0 Å². The highest BCUT2D eigenvalue weighted by Crippen LogP contribution is 2.54. The summed E-state index contributed by atoms with van der Waals surface area (Å²) >= 11 is 0. The molecule has 0 atom stereocenters. The molecule has 2 saturated carbocycles. The Balaban J connectivity index is 1.68. The van der Waals surface area contributed by atoms with E-state index in [1.807, 2.05) is 0 Å². The minimum absolute atomic E-state index is 0.00553. The van der Waals surface area contributed by atoms with Crippen molar-refractivity contribution >= 4 is 24.3 Å². The summed E-state index contributed by atoms with van der Waals surface area (Å²) in [6, 6.07) is 11.3. The predicted molar refractivity (Wildman–Crippen MR) is 98.6 cm³/mol. The van der Waals surface area contributed by atoms with Gasteiger partial charge in [-0.15, -0.1) is 0 Å². The number of H-pyrrole nitrogens is 1. The lowest BCUT2D eigenvalue weighted by atomic mass is 9.99. The smallest absolute Gasteiger partial charge is 0.0458 e. The fourth-order valence-electron chi connectivity index (χ4n) is 4.61. The number of hydrogen-bond donors (Lipinski definition) is 1. The fourth-order valence-corrected chi connectivity index (χ4v) is 8.37. The Bertz CT molecular complexity index is 554. The van der Waals surface area contributed by atoms with E-state index in [2.05, 4.69) is 35.3 Å². The summed E-state index contributed by atoms with van der Waals surface area (Å²) in [6.07, 6.45) is 14.7. The zero-order valence-corrected chi connectivity index (χ0v) is 14.5. The number of para-hydroxylation sites is 1. The highest BCUT2D eigenvalue weighted by Gasteiger charge is 2.33. The Morgan fingerprint density at radius 1 is 0.773 bits per heavy atom. The number of hydrogen-bond acceptors (Lipinski definition) is 0. The second-order valence-corrected chi connectivity index (χ2v) is 9.99. The van der Waals surface area contributed by atoms with Crippen molar-refractivity contribution in [2.75, 3.05) is 0 Å². The van der Waals surface area contributed by atoms with Gasteiger partial charge in [-0.3, -0.25) is 0 Å². The molecule has 2 fully saturated rings. The van der Waals surface area contributed by atoms with E-state index in [1.54, 1.807) is 5.44 Å². The molecule has 2 aliphatic rings. The second-order valence-electron chi connectivity index (χ2n) is 7.23. The molecular weight excluding hydrogens is 285 g/mol. The second kappa shape index (κ2) is 6.75. The molecule has 1 heterocycles. The molecule has 1 N–H and O–H groups in total. The van der Waals surface area contributed by atoms with Gasteiger partial charge < -0.3 is 4.98 Å². The molecule has 1 aromatic carbocycles. The van der Waals surface area contributed by atoms with Gasteiger partial charge in [0.15, 0.2) is 0 Å². The molecule has 1 nitrogen and oxygen atoms in total. The Labute approximate surface area is 135 Å². The van der Waals surface area contributed by atoms with Crippen molar-refractivity contribution in [3.8, 4) is 0 Å². The number of aromatic amines is 1. The van der Waals surface area contributed by atoms with Gasteiger partial charge in [-0.25, -0.2) is 0 Å². The van der Waals surface area contributed by atoms with E-state index >= 15 is 0 Å². The van der Waals surface area contributed by atoms with Crippen LogP contribution in [0.4, 0.5) is 0 Å². The molecule has 2 aromatic rings. The van der Waals surface area contributed by atoms with Gasteiger partial charge in [-0.05, 0) is 49.1 Å².